The van der Waals surface area contributed by atoms with Crippen LogP contribution in [0.4, 0.5) is 0 Å². The molecular formula is C7H10O4. The first kappa shape index (κ1) is 8.50. The molecule has 0 aromatic carbocycles. The number of aliphatic hydroxyl groups excluding tert-OH is 3. The van der Waals surface area contributed by atoms with E-state index >= 15 is 0 Å². The molecule has 1 heterocycles. The van der Waals surface area contributed by atoms with Gasteiger partial charge in [-0.1, -0.05) is 5.92 Å². The highest BCUT2D eigenvalue weighted by atomic mass is 16.6. The van der Waals surface area contributed by atoms with Crippen molar-refractivity contribution in [2.45, 2.75) is 31.0 Å². The SMILES string of the molecule is C#C[C@H]1O[C@@H](O)C[C@@H](O)[C@@H]1O. The van der Waals surface area contributed by atoms with Crippen LogP contribution in [0.5, 0.6) is 0 Å². The van der Waals surface area contributed by atoms with Gasteiger partial charge in [-0.15, -0.1) is 6.42 Å². The van der Waals surface area contributed by atoms with Crippen LogP contribution < -0.4 is 0 Å². The Hall–Kier alpha value is -0.600. The molecule has 3 N–H and O–H groups in total. The zero-order valence-electron chi connectivity index (χ0n) is 5.84. The first-order valence-corrected chi connectivity index (χ1v) is 3.31. The molecule has 4 heteroatoms. The maximum Gasteiger partial charge on any atom is 0.158 e. The van der Waals surface area contributed by atoms with E-state index in [0.29, 0.717) is 0 Å². The van der Waals surface area contributed by atoms with Crippen LogP contribution in [0.2, 0.25) is 0 Å². The predicted molar refractivity (Wildman–Crippen MR) is 36.3 cm³/mol. The zero-order valence-corrected chi connectivity index (χ0v) is 5.84. The Kier molecular flexibility index (Phi) is 2.47. The Labute approximate surface area is 64.4 Å². The molecule has 4 nitrogen and oxygen atoms in total. The number of hydrogen-bond donors (Lipinski definition) is 3. The molecule has 0 bridgehead atoms. The van der Waals surface area contributed by atoms with Crippen molar-refractivity contribution in [3.63, 3.8) is 0 Å². The molecule has 0 saturated carbocycles. The Morgan fingerprint density at radius 3 is 2.55 bits per heavy atom. The fraction of sp³-hybridized carbons (Fsp3) is 0.714. The molecule has 0 spiro atoms. The van der Waals surface area contributed by atoms with Crippen LogP contribution in [0, 0.1) is 12.3 Å². The summed E-state index contributed by atoms with van der Waals surface area (Å²) in [5.41, 5.74) is 0. The average Bonchev–Trinajstić information content (AvgIpc) is 1.96. The number of ether oxygens (including phenoxy) is 1. The molecular weight excluding hydrogens is 148 g/mol. The molecule has 0 unspecified atom stereocenters. The summed E-state index contributed by atoms with van der Waals surface area (Å²) in [6, 6.07) is 0. The minimum atomic E-state index is -1.09. The Bertz CT molecular complexity index is 174. The minimum Gasteiger partial charge on any atom is -0.390 e. The smallest absolute Gasteiger partial charge is 0.158 e. The van der Waals surface area contributed by atoms with E-state index in [1.165, 1.54) is 0 Å². The fourth-order valence-corrected chi connectivity index (χ4v) is 0.991. The van der Waals surface area contributed by atoms with Crippen LogP contribution in [-0.2, 0) is 4.74 Å². The Morgan fingerprint density at radius 1 is 1.36 bits per heavy atom. The first-order valence-electron chi connectivity index (χ1n) is 3.31. The van der Waals surface area contributed by atoms with E-state index in [9.17, 15) is 0 Å². The van der Waals surface area contributed by atoms with Crippen LogP contribution in [0.25, 0.3) is 0 Å². The zero-order chi connectivity index (χ0) is 8.43. The van der Waals surface area contributed by atoms with E-state index in [-0.39, 0.29) is 6.42 Å². The summed E-state index contributed by atoms with van der Waals surface area (Å²) in [7, 11) is 0. The van der Waals surface area contributed by atoms with Gasteiger partial charge in [-0.25, -0.2) is 0 Å². The van der Waals surface area contributed by atoms with Crippen molar-refractivity contribution in [3.8, 4) is 12.3 Å². The van der Waals surface area contributed by atoms with E-state index in [0.717, 1.165) is 0 Å². The fourth-order valence-electron chi connectivity index (χ4n) is 0.991. The number of aliphatic hydroxyl groups is 3. The third kappa shape index (κ3) is 1.70. The standard InChI is InChI=1S/C7H10O4/c1-2-5-7(10)4(8)3-6(9)11-5/h1,4-10H,3H2/t4-,5-,6-,7+/m1/s1. The van der Waals surface area contributed by atoms with Gasteiger partial charge >= 0.3 is 0 Å². The highest BCUT2D eigenvalue weighted by Gasteiger charge is 2.34. The molecule has 11 heavy (non-hydrogen) atoms. The van der Waals surface area contributed by atoms with Crippen molar-refractivity contribution >= 4 is 0 Å². The maximum absolute atomic E-state index is 9.13. The number of hydrogen-bond acceptors (Lipinski definition) is 4. The third-order valence-electron chi connectivity index (χ3n) is 1.62. The van der Waals surface area contributed by atoms with Gasteiger partial charge in [0, 0.05) is 6.42 Å². The molecule has 0 aromatic heterocycles. The van der Waals surface area contributed by atoms with Crippen molar-refractivity contribution < 1.29 is 20.1 Å². The summed E-state index contributed by atoms with van der Waals surface area (Å²) in [6.07, 6.45) is 0.883. The normalized spacial score (nSPS) is 44.9. The lowest BCUT2D eigenvalue weighted by Crippen LogP contribution is -2.47. The quantitative estimate of drug-likeness (QED) is 0.373. The van der Waals surface area contributed by atoms with Crippen LogP contribution >= 0.6 is 0 Å². The molecule has 0 amide bonds. The minimum absolute atomic E-state index is 0.000648. The molecule has 1 rings (SSSR count). The van der Waals surface area contributed by atoms with Gasteiger partial charge in [0.05, 0.1) is 6.10 Å². The molecule has 4 atom stereocenters. The second-order valence-electron chi connectivity index (χ2n) is 2.47. The molecule has 1 saturated heterocycles. The van der Waals surface area contributed by atoms with Gasteiger partial charge in [0.25, 0.3) is 0 Å². The largest absolute Gasteiger partial charge is 0.390 e. The Balaban J connectivity index is 2.60. The van der Waals surface area contributed by atoms with Gasteiger partial charge in [-0.05, 0) is 0 Å². The molecule has 1 fully saturated rings. The second kappa shape index (κ2) is 3.20. The van der Waals surface area contributed by atoms with Crippen LogP contribution in [0.15, 0.2) is 0 Å². The lowest BCUT2D eigenvalue weighted by atomic mass is 10.0. The molecule has 0 aliphatic carbocycles. The van der Waals surface area contributed by atoms with Gasteiger partial charge < -0.3 is 20.1 Å². The van der Waals surface area contributed by atoms with Crippen LogP contribution in [0.3, 0.4) is 0 Å². The Morgan fingerprint density at radius 2 is 2.00 bits per heavy atom. The van der Waals surface area contributed by atoms with Gasteiger partial charge in [-0.3, -0.25) is 0 Å². The summed E-state index contributed by atoms with van der Waals surface area (Å²) < 4.78 is 4.73. The van der Waals surface area contributed by atoms with E-state index in [4.69, 9.17) is 26.5 Å². The molecule has 0 aromatic rings. The van der Waals surface area contributed by atoms with Crippen LogP contribution in [0.1, 0.15) is 6.42 Å². The van der Waals surface area contributed by atoms with Crippen molar-refractivity contribution in [3.05, 3.63) is 0 Å². The van der Waals surface area contributed by atoms with Crippen molar-refractivity contribution in [1.82, 2.24) is 0 Å². The van der Waals surface area contributed by atoms with Gasteiger partial charge in [0.2, 0.25) is 0 Å². The average molecular weight is 158 g/mol. The summed E-state index contributed by atoms with van der Waals surface area (Å²) in [5.74, 6) is 2.12. The molecule has 1 aliphatic rings. The van der Waals surface area contributed by atoms with Crippen molar-refractivity contribution in [1.29, 1.82) is 0 Å². The predicted octanol–water partition coefficient (Wildman–Crippen LogP) is -1.55. The summed E-state index contributed by atoms with van der Waals surface area (Å²) in [6.45, 7) is 0. The third-order valence-corrected chi connectivity index (χ3v) is 1.62. The first-order chi connectivity index (χ1) is 5.15. The van der Waals surface area contributed by atoms with Crippen molar-refractivity contribution in [2.75, 3.05) is 0 Å². The lowest BCUT2D eigenvalue weighted by Gasteiger charge is -2.31. The summed E-state index contributed by atoms with van der Waals surface area (Å²) in [4.78, 5) is 0. The summed E-state index contributed by atoms with van der Waals surface area (Å²) >= 11 is 0. The summed E-state index contributed by atoms with van der Waals surface area (Å²) in [5, 5.41) is 27.1. The number of terminal acetylenes is 1. The number of rotatable bonds is 0. The topological polar surface area (TPSA) is 69.9 Å². The van der Waals surface area contributed by atoms with E-state index in [2.05, 4.69) is 5.92 Å². The van der Waals surface area contributed by atoms with Crippen LogP contribution in [-0.4, -0.2) is 39.9 Å². The molecule has 62 valence electrons. The van der Waals surface area contributed by atoms with E-state index in [1.807, 2.05) is 0 Å². The lowest BCUT2D eigenvalue weighted by molar-refractivity contribution is -0.215. The highest BCUT2D eigenvalue weighted by Crippen LogP contribution is 2.17. The van der Waals surface area contributed by atoms with Gasteiger partial charge in [0.1, 0.15) is 12.2 Å². The van der Waals surface area contributed by atoms with Gasteiger partial charge in [-0.2, -0.15) is 0 Å². The van der Waals surface area contributed by atoms with Crippen molar-refractivity contribution in [2.24, 2.45) is 0 Å². The molecule has 1 aliphatic heterocycles. The van der Waals surface area contributed by atoms with E-state index < -0.39 is 24.6 Å². The molecule has 0 radical (unpaired) electrons. The second-order valence-corrected chi connectivity index (χ2v) is 2.47. The monoisotopic (exact) mass is 158 g/mol. The van der Waals surface area contributed by atoms with E-state index in [1.54, 1.807) is 0 Å². The maximum atomic E-state index is 9.13. The van der Waals surface area contributed by atoms with Gasteiger partial charge in [0.15, 0.2) is 6.29 Å². The highest BCUT2D eigenvalue weighted by molar-refractivity contribution is 5.02.